The molecule has 124 valence electrons. The molecule has 1 saturated heterocycles. The molecule has 25 heavy (non-hydrogen) atoms. The highest BCUT2D eigenvalue weighted by Crippen LogP contribution is 2.36. The van der Waals surface area contributed by atoms with Gasteiger partial charge in [0.15, 0.2) is 0 Å². The van der Waals surface area contributed by atoms with Crippen LogP contribution in [0.25, 0.3) is 16.8 Å². The molecule has 1 fully saturated rings. The standard InChI is InChI=1S/C20H15NO3S/c1-3-11-21-19(22)18(25-20(21)23)13-16-15-8-6-5-7-14(15)9-10-17(16)24-12-4-2/h2-3,5-10,13H,1,11-12H2/b18-13-. The third kappa shape index (κ3) is 3.30. The summed E-state index contributed by atoms with van der Waals surface area (Å²) in [7, 11) is 0. The second kappa shape index (κ2) is 7.29. The van der Waals surface area contributed by atoms with E-state index in [-0.39, 0.29) is 24.3 Å². The van der Waals surface area contributed by atoms with E-state index in [4.69, 9.17) is 11.2 Å². The quantitative estimate of drug-likeness (QED) is 0.464. The third-order valence-corrected chi connectivity index (χ3v) is 4.61. The Hall–Kier alpha value is -2.97. The molecule has 2 aromatic rings. The minimum absolute atomic E-state index is 0.122. The number of rotatable bonds is 5. The molecule has 5 heteroatoms. The Balaban J connectivity index is 2.11. The van der Waals surface area contributed by atoms with Crippen molar-refractivity contribution in [3.05, 3.63) is 59.5 Å². The first-order valence-electron chi connectivity index (χ1n) is 7.60. The number of ether oxygens (including phenoxy) is 1. The number of benzene rings is 2. The fourth-order valence-electron chi connectivity index (χ4n) is 2.59. The average molecular weight is 349 g/mol. The summed E-state index contributed by atoms with van der Waals surface area (Å²) >= 11 is 0.913. The van der Waals surface area contributed by atoms with E-state index in [0.29, 0.717) is 10.7 Å². The molecule has 0 spiro atoms. The molecule has 0 atom stereocenters. The van der Waals surface area contributed by atoms with Crippen molar-refractivity contribution in [2.45, 2.75) is 0 Å². The normalized spacial score (nSPS) is 15.6. The van der Waals surface area contributed by atoms with Gasteiger partial charge in [0.1, 0.15) is 12.4 Å². The van der Waals surface area contributed by atoms with E-state index >= 15 is 0 Å². The van der Waals surface area contributed by atoms with Crippen molar-refractivity contribution in [2.24, 2.45) is 0 Å². The minimum atomic E-state index is -0.328. The lowest BCUT2D eigenvalue weighted by Crippen LogP contribution is -2.27. The molecule has 0 aliphatic carbocycles. The summed E-state index contributed by atoms with van der Waals surface area (Å²) in [4.78, 5) is 26.0. The van der Waals surface area contributed by atoms with Crippen LogP contribution in [-0.2, 0) is 4.79 Å². The summed E-state index contributed by atoms with van der Waals surface area (Å²) in [6.07, 6.45) is 8.51. The lowest BCUT2D eigenvalue weighted by atomic mass is 10.0. The van der Waals surface area contributed by atoms with Gasteiger partial charge >= 0.3 is 0 Å². The Labute approximate surface area is 150 Å². The third-order valence-electron chi connectivity index (χ3n) is 3.70. The Kier molecular flexibility index (Phi) is 4.92. The van der Waals surface area contributed by atoms with E-state index in [2.05, 4.69) is 12.5 Å². The topological polar surface area (TPSA) is 46.6 Å². The van der Waals surface area contributed by atoms with Gasteiger partial charge in [-0.05, 0) is 34.7 Å². The molecule has 1 heterocycles. The molecule has 0 aromatic heterocycles. The summed E-state index contributed by atoms with van der Waals surface area (Å²) in [5.41, 5.74) is 0.734. The van der Waals surface area contributed by atoms with Crippen LogP contribution in [0.4, 0.5) is 4.79 Å². The number of fused-ring (bicyclic) bond motifs is 1. The maximum Gasteiger partial charge on any atom is 0.293 e. The molecule has 0 saturated carbocycles. The van der Waals surface area contributed by atoms with E-state index < -0.39 is 0 Å². The Morgan fingerprint density at radius 2 is 2.04 bits per heavy atom. The number of amides is 2. The molecule has 1 aliphatic rings. The van der Waals surface area contributed by atoms with Crippen LogP contribution < -0.4 is 4.74 Å². The Morgan fingerprint density at radius 1 is 1.24 bits per heavy atom. The van der Waals surface area contributed by atoms with Crippen LogP contribution >= 0.6 is 11.8 Å². The van der Waals surface area contributed by atoms with Gasteiger partial charge in [-0.1, -0.05) is 42.3 Å². The molecule has 0 bridgehead atoms. The lowest BCUT2D eigenvalue weighted by Gasteiger charge is -2.11. The largest absolute Gasteiger partial charge is 0.480 e. The summed E-state index contributed by atoms with van der Waals surface area (Å²) in [5.74, 6) is 2.68. The molecule has 3 rings (SSSR count). The lowest BCUT2D eigenvalue weighted by molar-refractivity contribution is -0.122. The predicted octanol–water partition coefficient (Wildman–Crippen LogP) is 4.07. The number of hydrogen-bond donors (Lipinski definition) is 0. The van der Waals surface area contributed by atoms with Gasteiger partial charge in [0, 0.05) is 12.1 Å². The summed E-state index contributed by atoms with van der Waals surface area (Å²) in [6.45, 7) is 3.89. The number of terminal acetylenes is 1. The van der Waals surface area contributed by atoms with Crippen molar-refractivity contribution in [2.75, 3.05) is 13.2 Å². The van der Waals surface area contributed by atoms with Crippen molar-refractivity contribution in [3.8, 4) is 18.1 Å². The van der Waals surface area contributed by atoms with Gasteiger partial charge in [-0.2, -0.15) is 0 Å². The highest BCUT2D eigenvalue weighted by atomic mass is 32.2. The van der Waals surface area contributed by atoms with E-state index in [0.717, 1.165) is 33.0 Å². The fourth-order valence-corrected chi connectivity index (χ4v) is 3.42. The van der Waals surface area contributed by atoms with Gasteiger partial charge in [0.2, 0.25) is 0 Å². The van der Waals surface area contributed by atoms with E-state index in [1.165, 1.54) is 6.08 Å². The van der Waals surface area contributed by atoms with Gasteiger partial charge in [0.25, 0.3) is 11.1 Å². The number of carbonyl (C=O) groups is 2. The first-order chi connectivity index (χ1) is 12.2. The van der Waals surface area contributed by atoms with E-state index in [1.807, 2.05) is 36.4 Å². The van der Waals surface area contributed by atoms with Gasteiger partial charge in [-0.3, -0.25) is 14.5 Å². The zero-order valence-electron chi connectivity index (χ0n) is 13.4. The van der Waals surface area contributed by atoms with Crippen LogP contribution in [0.3, 0.4) is 0 Å². The molecular formula is C20H15NO3S. The van der Waals surface area contributed by atoms with Crippen LogP contribution in [0.5, 0.6) is 5.75 Å². The average Bonchev–Trinajstić information content (AvgIpc) is 2.89. The first-order valence-corrected chi connectivity index (χ1v) is 8.41. The van der Waals surface area contributed by atoms with Crippen LogP contribution in [0.1, 0.15) is 5.56 Å². The maximum atomic E-state index is 12.5. The Morgan fingerprint density at radius 3 is 2.80 bits per heavy atom. The highest BCUT2D eigenvalue weighted by Gasteiger charge is 2.34. The van der Waals surface area contributed by atoms with E-state index in [9.17, 15) is 9.59 Å². The van der Waals surface area contributed by atoms with Crippen LogP contribution in [0.2, 0.25) is 0 Å². The highest BCUT2D eigenvalue weighted by molar-refractivity contribution is 8.18. The summed E-state index contributed by atoms with van der Waals surface area (Å²) in [5, 5.41) is 1.63. The minimum Gasteiger partial charge on any atom is -0.480 e. The van der Waals surface area contributed by atoms with Crippen molar-refractivity contribution in [1.29, 1.82) is 0 Å². The molecule has 0 radical (unpaired) electrons. The van der Waals surface area contributed by atoms with Crippen molar-refractivity contribution >= 4 is 39.8 Å². The predicted molar refractivity (Wildman–Crippen MR) is 101 cm³/mol. The second-order valence-corrected chi connectivity index (χ2v) is 6.27. The molecule has 4 nitrogen and oxygen atoms in total. The number of carbonyl (C=O) groups excluding carboxylic acids is 2. The van der Waals surface area contributed by atoms with Gasteiger partial charge in [-0.25, -0.2) is 0 Å². The molecule has 0 N–H and O–H groups in total. The Bertz CT molecular complexity index is 940. The zero-order valence-corrected chi connectivity index (χ0v) is 14.2. The van der Waals surface area contributed by atoms with E-state index in [1.54, 1.807) is 6.08 Å². The van der Waals surface area contributed by atoms with Crippen LogP contribution in [0, 0.1) is 12.3 Å². The van der Waals surface area contributed by atoms with Gasteiger partial charge in [-0.15, -0.1) is 13.0 Å². The maximum absolute atomic E-state index is 12.5. The number of imide groups is 1. The monoisotopic (exact) mass is 349 g/mol. The smallest absolute Gasteiger partial charge is 0.293 e. The second-order valence-electron chi connectivity index (χ2n) is 5.27. The van der Waals surface area contributed by atoms with Crippen molar-refractivity contribution < 1.29 is 14.3 Å². The van der Waals surface area contributed by atoms with Crippen LogP contribution in [-0.4, -0.2) is 29.2 Å². The van der Waals surface area contributed by atoms with Crippen molar-refractivity contribution in [1.82, 2.24) is 4.90 Å². The summed E-state index contributed by atoms with van der Waals surface area (Å²) in [6, 6.07) is 11.5. The van der Waals surface area contributed by atoms with Crippen molar-refractivity contribution in [3.63, 3.8) is 0 Å². The summed E-state index contributed by atoms with van der Waals surface area (Å²) < 4.78 is 5.63. The van der Waals surface area contributed by atoms with Crippen LogP contribution in [0.15, 0.2) is 54.0 Å². The zero-order chi connectivity index (χ0) is 17.8. The SMILES string of the molecule is C#CCOc1ccc2ccccc2c1/C=C1\SC(=O)N(CC=C)C1=O. The fraction of sp³-hybridized carbons (Fsp3) is 0.100. The number of hydrogen-bond acceptors (Lipinski definition) is 4. The van der Waals surface area contributed by atoms with Gasteiger partial charge < -0.3 is 4.74 Å². The molecule has 1 aliphatic heterocycles. The molecule has 0 unspecified atom stereocenters. The molecular weight excluding hydrogens is 334 g/mol. The molecule has 2 amide bonds. The number of thioether (sulfide) groups is 1. The van der Waals surface area contributed by atoms with Gasteiger partial charge in [0.05, 0.1) is 4.91 Å². The first kappa shape index (κ1) is 16.9. The number of nitrogens with zero attached hydrogens (tertiary/aromatic N) is 1. The molecule has 2 aromatic carbocycles.